The van der Waals surface area contributed by atoms with Crippen molar-refractivity contribution in [1.29, 1.82) is 0 Å². The van der Waals surface area contributed by atoms with Gasteiger partial charge in [-0.2, -0.15) is 0 Å². The fraction of sp³-hybridized carbons (Fsp3) is 1.00. The summed E-state index contributed by atoms with van der Waals surface area (Å²) in [6.07, 6.45) is 0. The monoisotopic (exact) mass is 259 g/mol. The lowest BCUT2D eigenvalue weighted by molar-refractivity contribution is 0.965. The molecule has 0 atom stereocenters. The SMILES string of the molecule is CC[Si](CC)(CC)C(N)[Si](CC)(CC)CC. The lowest BCUT2D eigenvalue weighted by atomic mass is 10.9. The molecule has 0 aliphatic carbocycles. The van der Waals surface area contributed by atoms with Crippen LogP contribution in [-0.4, -0.2) is 21.4 Å². The topological polar surface area (TPSA) is 26.0 Å². The summed E-state index contributed by atoms with van der Waals surface area (Å²) >= 11 is 0. The van der Waals surface area contributed by atoms with Gasteiger partial charge in [-0.3, -0.25) is 0 Å². The van der Waals surface area contributed by atoms with Gasteiger partial charge in [-0.1, -0.05) is 77.8 Å². The highest BCUT2D eigenvalue weighted by Gasteiger charge is 2.45. The summed E-state index contributed by atoms with van der Waals surface area (Å²) in [5.41, 5.74) is 6.82. The molecule has 0 radical (unpaired) electrons. The predicted octanol–water partition coefficient (Wildman–Crippen LogP) is 4.41. The third-order valence-corrected chi connectivity index (χ3v) is 20.3. The van der Waals surface area contributed by atoms with E-state index in [0.717, 1.165) is 0 Å². The van der Waals surface area contributed by atoms with Crippen molar-refractivity contribution in [1.82, 2.24) is 0 Å². The second-order valence-electron chi connectivity index (χ2n) is 5.32. The molecule has 0 unspecified atom stereocenters. The van der Waals surface area contributed by atoms with Gasteiger partial charge in [0.05, 0.1) is 16.1 Å². The zero-order valence-corrected chi connectivity index (χ0v) is 14.4. The van der Waals surface area contributed by atoms with Crippen LogP contribution in [-0.2, 0) is 0 Å². The molecular weight excluding hydrogens is 226 g/mol. The first kappa shape index (κ1) is 16.4. The van der Waals surface area contributed by atoms with E-state index in [1.807, 2.05) is 0 Å². The first-order valence-corrected chi connectivity index (χ1v) is 12.7. The Morgan fingerprint density at radius 1 is 0.625 bits per heavy atom. The molecule has 0 rings (SSSR count). The standard InChI is InChI=1S/C13H33NSi2/c1-7-15(8-2,9-3)13(14)16(10-4,11-5)12-6/h13H,7-12,14H2,1-6H3. The fourth-order valence-corrected chi connectivity index (χ4v) is 18.0. The molecule has 0 aliphatic rings. The van der Waals surface area contributed by atoms with Gasteiger partial charge < -0.3 is 5.73 Å². The second kappa shape index (κ2) is 6.97. The Labute approximate surface area is 105 Å². The molecule has 2 N–H and O–H groups in total. The fourth-order valence-electron chi connectivity index (χ4n) is 3.47. The largest absolute Gasteiger partial charge is 0.333 e. The summed E-state index contributed by atoms with van der Waals surface area (Å²) in [6, 6.07) is 8.31. The molecule has 0 aromatic heterocycles. The molecule has 3 heteroatoms. The van der Waals surface area contributed by atoms with E-state index in [9.17, 15) is 0 Å². The smallest absolute Gasteiger partial charge is 0.0679 e. The molecule has 0 aromatic rings. The van der Waals surface area contributed by atoms with Gasteiger partial charge in [0, 0.05) is 0 Å². The maximum absolute atomic E-state index is 6.82. The molecule has 0 bridgehead atoms. The minimum Gasteiger partial charge on any atom is -0.333 e. The molecule has 0 saturated carbocycles. The Kier molecular flexibility index (Phi) is 7.14. The Bertz CT molecular complexity index is 150. The van der Waals surface area contributed by atoms with E-state index in [1.54, 1.807) is 0 Å². The molecule has 0 fully saturated rings. The third kappa shape index (κ3) is 2.80. The lowest BCUT2D eigenvalue weighted by Crippen LogP contribution is -2.66. The normalized spacial score (nSPS) is 13.5. The van der Waals surface area contributed by atoms with Crippen molar-refractivity contribution in [3.8, 4) is 0 Å². The van der Waals surface area contributed by atoms with Gasteiger partial charge in [-0.25, -0.2) is 0 Å². The average Bonchev–Trinajstić information content (AvgIpc) is 2.35. The molecule has 98 valence electrons. The van der Waals surface area contributed by atoms with Crippen LogP contribution in [0.3, 0.4) is 0 Å². The lowest BCUT2D eigenvalue weighted by Gasteiger charge is -2.46. The summed E-state index contributed by atoms with van der Waals surface area (Å²) < 4.78 is 0. The van der Waals surface area contributed by atoms with Crippen LogP contribution in [0.5, 0.6) is 0 Å². The van der Waals surface area contributed by atoms with Gasteiger partial charge in [-0.15, -0.1) is 0 Å². The predicted molar refractivity (Wildman–Crippen MR) is 82.4 cm³/mol. The zero-order chi connectivity index (χ0) is 12.8. The van der Waals surface area contributed by atoms with E-state index in [2.05, 4.69) is 41.5 Å². The highest BCUT2D eigenvalue weighted by Crippen LogP contribution is 2.34. The number of nitrogens with two attached hydrogens (primary N) is 1. The van der Waals surface area contributed by atoms with Gasteiger partial charge in [0.1, 0.15) is 0 Å². The number of rotatable bonds is 8. The zero-order valence-electron chi connectivity index (χ0n) is 12.4. The van der Waals surface area contributed by atoms with E-state index < -0.39 is 16.1 Å². The van der Waals surface area contributed by atoms with Crippen LogP contribution in [0.2, 0.25) is 36.3 Å². The Balaban J connectivity index is 5.16. The van der Waals surface area contributed by atoms with Gasteiger partial charge in [0.15, 0.2) is 0 Å². The highest BCUT2D eigenvalue weighted by atomic mass is 28.4. The summed E-state index contributed by atoms with van der Waals surface area (Å²) in [5.74, 6) is 0. The van der Waals surface area contributed by atoms with E-state index in [0.29, 0.717) is 5.29 Å². The maximum Gasteiger partial charge on any atom is 0.0679 e. The number of hydrogen-bond donors (Lipinski definition) is 1. The van der Waals surface area contributed by atoms with Crippen molar-refractivity contribution in [2.75, 3.05) is 0 Å². The molecule has 0 aliphatic heterocycles. The van der Waals surface area contributed by atoms with E-state index in [4.69, 9.17) is 5.73 Å². The van der Waals surface area contributed by atoms with Crippen molar-refractivity contribution in [3.05, 3.63) is 0 Å². The van der Waals surface area contributed by atoms with Gasteiger partial charge in [0.25, 0.3) is 0 Å². The average molecular weight is 260 g/mol. The van der Waals surface area contributed by atoms with Crippen molar-refractivity contribution in [3.63, 3.8) is 0 Å². The summed E-state index contributed by atoms with van der Waals surface area (Å²) in [4.78, 5) is 0. The Morgan fingerprint density at radius 2 is 0.812 bits per heavy atom. The van der Waals surface area contributed by atoms with Crippen LogP contribution < -0.4 is 5.73 Å². The van der Waals surface area contributed by atoms with E-state index >= 15 is 0 Å². The molecule has 16 heavy (non-hydrogen) atoms. The quantitative estimate of drug-likeness (QED) is 0.642. The van der Waals surface area contributed by atoms with Crippen molar-refractivity contribution in [2.45, 2.75) is 83.1 Å². The van der Waals surface area contributed by atoms with Gasteiger partial charge in [-0.05, 0) is 5.29 Å². The Hall–Kier alpha value is 0.394. The molecule has 0 amide bonds. The number of hydrogen-bond acceptors (Lipinski definition) is 1. The summed E-state index contributed by atoms with van der Waals surface area (Å²) in [7, 11) is -2.36. The highest BCUT2D eigenvalue weighted by molar-refractivity contribution is 6.99. The van der Waals surface area contributed by atoms with E-state index in [1.165, 1.54) is 36.3 Å². The second-order valence-corrected chi connectivity index (χ2v) is 16.8. The molecule has 0 saturated heterocycles. The minimum absolute atomic E-state index is 0.625. The van der Waals surface area contributed by atoms with Crippen LogP contribution >= 0.6 is 0 Å². The third-order valence-electron chi connectivity index (χ3n) is 5.54. The molecule has 0 spiro atoms. The Morgan fingerprint density at radius 3 is 0.938 bits per heavy atom. The first-order chi connectivity index (χ1) is 7.52. The van der Waals surface area contributed by atoms with Crippen molar-refractivity contribution < 1.29 is 0 Å². The van der Waals surface area contributed by atoms with Crippen molar-refractivity contribution >= 4 is 16.1 Å². The van der Waals surface area contributed by atoms with Crippen molar-refractivity contribution in [2.24, 2.45) is 5.73 Å². The van der Waals surface area contributed by atoms with Gasteiger partial charge >= 0.3 is 0 Å². The van der Waals surface area contributed by atoms with Crippen LogP contribution in [0.25, 0.3) is 0 Å². The van der Waals surface area contributed by atoms with Crippen LogP contribution in [0.1, 0.15) is 41.5 Å². The van der Waals surface area contributed by atoms with Crippen LogP contribution in [0.15, 0.2) is 0 Å². The van der Waals surface area contributed by atoms with Crippen LogP contribution in [0.4, 0.5) is 0 Å². The van der Waals surface area contributed by atoms with E-state index in [-0.39, 0.29) is 0 Å². The first-order valence-electron chi connectivity index (χ1n) is 7.27. The maximum atomic E-state index is 6.82. The molecule has 0 heterocycles. The van der Waals surface area contributed by atoms with Gasteiger partial charge in [0.2, 0.25) is 0 Å². The minimum atomic E-state index is -1.18. The molecular formula is C13H33NSi2. The summed E-state index contributed by atoms with van der Waals surface area (Å²) in [6.45, 7) is 14.3. The summed E-state index contributed by atoms with van der Waals surface area (Å²) in [5, 5.41) is 0.625. The van der Waals surface area contributed by atoms with Crippen LogP contribution in [0, 0.1) is 0 Å². The molecule has 1 nitrogen and oxygen atoms in total. The molecule has 0 aromatic carbocycles.